The number of halogens is 2. The third-order valence-corrected chi connectivity index (χ3v) is 3.72. The number of hydrogen-bond donors (Lipinski definition) is 0. The first kappa shape index (κ1) is 13.8. The Balaban J connectivity index is 1.85. The predicted molar refractivity (Wildman–Crippen MR) is 76.0 cm³/mol. The fourth-order valence-electron chi connectivity index (χ4n) is 2.26. The first-order valence-corrected chi connectivity index (χ1v) is 6.77. The van der Waals surface area contributed by atoms with Crippen molar-refractivity contribution < 1.29 is 14.1 Å². The van der Waals surface area contributed by atoms with Gasteiger partial charge in [0.1, 0.15) is 17.2 Å². The molecule has 0 radical (unpaired) electrons. The smallest absolute Gasteiger partial charge is 0.269 e. The lowest BCUT2D eigenvalue weighted by Crippen LogP contribution is -2.17. The van der Waals surface area contributed by atoms with E-state index >= 15 is 0 Å². The van der Waals surface area contributed by atoms with Crippen LogP contribution in [0, 0.1) is 15.9 Å². The largest absolute Gasteiger partial charge is 0.482 e. The molecule has 108 valence electrons. The van der Waals surface area contributed by atoms with Gasteiger partial charge in [-0.05, 0) is 37.1 Å². The van der Waals surface area contributed by atoms with Crippen molar-refractivity contribution in [3.8, 4) is 5.75 Å². The van der Waals surface area contributed by atoms with Crippen LogP contribution in [0.15, 0.2) is 42.5 Å². The van der Waals surface area contributed by atoms with Crippen LogP contribution in [0.5, 0.6) is 5.75 Å². The zero-order chi connectivity index (χ0) is 15.0. The minimum atomic E-state index is -0.690. The average Bonchev–Trinajstić information content (AvgIpc) is 3.19. The van der Waals surface area contributed by atoms with Crippen molar-refractivity contribution in [1.82, 2.24) is 0 Å². The second-order valence-electron chi connectivity index (χ2n) is 4.97. The van der Waals surface area contributed by atoms with Gasteiger partial charge in [0.15, 0.2) is 0 Å². The molecule has 2 aromatic carbocycles. The maximum absolute atomic E-state index is 14.0. The summed E-state index contributed by atoms with van der Waals surface area (Å²) in [6.07, 6.45) is 1.39. The highest BCUT2D eigenvalue weighted by molar-refractivity contribution is 6.30. The molecule has 0 saturated heterocycles. The van der Waals surface area contributed by atoms with Crippen LogP contribution in [-0.2, 0) is 5.60 Å². The van der Waals surface area contributed by atoms with Crippen LogP contribution in [0.4, 0.5) is 10.1 Å². The Morgan fingerprint density at radius 3 is 2.38 bits per heavy atom. The van der Waals surface area contributed by atoms with Crippen molar-refractivity contribution in [1.29, 1.82) is 0 Å². The summed E-state index contributed by atoms with van der Waals surface area (Å²) >= 11 is 5.75. The van der Waals surface area contributed by atoms with E-state index in [9.17, 15) is 14.5 Å². The topological polar surface area (TPSA) is 52.4 Å². The second kappa shape index (κ2) is 5.00. The number of benzene rings is 2. The van der Waals surface area contributed by atoms with Crippen molar-refractivity contribution in [3.63, 3.8) is 0 Å². The zero-order valence-corrected chi connectivity index (χ0v) is 11.6. The third kappa shape index (κ3) is 2.69. The molecule has 0 spiro atoms. The minimum Gasteiger partial charge on any atom is -0.482 e. The predicted octanol–water partition coefficient (Wildman–Crippen LogP) is 4.46. The number of nitro groups is 1. The first-order valence-electron chi connectivity index (χ1n) is 6.39. The summed E-state index contributed by atoms with van der Waals surface area (Å²) in [6.45, 7) is 0. The highest BCUT2D eigenvalue weighted by Crippen LogP contribution is 2.50. The first-order chi connectivity index (χ1) is 10.00. The molecule has 1 aliphatic rings. The van der Waals surface area contributed by atoms with E-state index in [4.69, 9.17) is 16.3 Å². The summed E-state index contributed by atoms with van der Waals surface area (Å²) < 4.78 is 19.9. The monoisotopic (exact) mass is 307 g/mol. The lowest BCUT2D eigenvalue weighted by Gasteiger charge is -2.19. The highest BCUT2D eigenvalue weighted by Gasteiger charge is 2.49. The third-order valence-electron chi connectivity index (χ3n) is 3.49. The van der Waals surface area contributed by atoms with Crippen molar-refractivity contribution in [2.24, 2.45) is 0 Å². The molecule has 2 aromatic rings. The van der Waals surface area contributed by atoms with E-state index in [-0.39, 0.29) is 5.69 Å². The molecule has 6 heteroatoms. The number of non-ortho nitro benzene ring substituents is 1. The normalized spacial score (nSPS) is 15.5. The maximum atomic E-state index is 14.0. The molecule has 0 bridgehead atoms. The SMILES string of the molecule is O=[N+]([O-])c1ccc(OC2(c3ccc(Cl)cc3F)CC2)cc1. The standard InChI is InChI=1S/C15H11ClFNO3/c16-10-1-6-13(14(17)9-10)15(7-8-15)21-12-4-2-11(3-5-12)18(19)20/h1-6,9H,7-8H2. The summed E-state index contributed by atoms with van der Waals surface area (Å²) in [5.74, 6) is 0.0781. The highest BCUT2D eigenvalue weighted by atomic mass is 35.5. The Hall–Kier alpha value is -2.14. The van der Waals surface area contributed by atoms with Gasteiger partial charge in [0.25, 0.3) is 5.69 Å². The Morgan fingerprint density at radius 2 is 1.86 bits per heavy atom. The molecule has 4 nitrogen and oxygen atoms in total. The lowest BCUT2D eigenvalue weighted by molar-refractivity contribution is -0.384. The Labute approximate surface area is 125 Å². The Bertz CT molecular complexity index is 699. The van der Waals surface area contributed by atoms with E-state index in [0.717, 1.165) is 0 Å². The summed E-state index contributed by atoms with van der Waals surface area (Å²) in [5.41, 5.74) is -0.236. The van der Waals surface area contributed by atoms with Gasteiger partial charge in [-0.3, -0.25) is 10.1 Å². The van der Waals surface area contributed by atoms with Crippen molar-refractivity contribution >= 4 is 17.3 Å². The molecular formula is C15H11ClFNO3. The molecule has 0 aromatic heterocycles. The van der Waals surface area contributed by atoms with Crippen LogP contribution >= 0.6 is 11.6 Å². The fraction of sp³-hybridized carbons (Fsp3) is 0.200. The summed E-state index contributed by atoms with van der Waals surface area (Å²) in [6, 6.07) is 10.3. The van der Waals surface area contributed by atoms with Gasteiger partial charge in [-0.25, -0.2) is 4.39 Å². The Kier molecular flexibility index (Phi) is 3.29. The minimum absolute atomic E-state index is 0.00938. The van der Waals surface area contributed by atoms with Gasteiger partial charge in [-0.1, -0.05) is 17.7 Å². The summed E-state index contributed by atoms with van der Waals surface area (Å²) in [5, 5.41) is 10.9. The number of rotatable bonds is 4. The maximum Gasteiger partial charge on any atom is 0.269 e. The molecule has 0 atom stereocenters. The van der Waals surface area contributed by atoms with Crippen LogP contribution in [0.25, 0.3) is 0 Å². The number of nitro benzene ring substituents is 1. The van der Waals surface area contributed by atoms with Crippen LogP contribution in [0.2, 0.25) is 5.02 Å². The molecule has 1 aliphatic carbocycles. The van der Waals surface area contributed by atoms with Crippen molar-refractivity contribution in [2.75, 3.05) is 0 Å². The van der Waals surface area contributed by atoms with Crippen LogP contribution in [-0.4, -0.2) is 4.92 Å². The van der Waals surface area contributed by atoms with Crippen LogP contribution < -0.4 is 4.74 Å². The van der Waals surface area contributed by atoms with Gasteiger partial charge >= 0.3 is 0 Å². The van der Waals surface area contributed by atoms with Gasteiger partial charge in [-0.2, -0.15) is 0 Å². The van der Waals surface area contributed by atoms with E-state index in [1.54, 1.807) is 12.1 Å². The van der Waals surface area contributed by atoms with E-state index in [1.165, 1.54) is 30.3 Å². The van der Waals surface area contributed by atoms with Crippen molar-refractivity contribution in [2.45, 2.75) is 18.4 Å². The van der Waals surface area contributed by atoms with Crippen LogP contribution in [0.3, 0.4) is 0 Å². The van der Waals surface area contributed by atoms with E-state index in [1.807, 2.05) is 0 Å². The number of hydrogen-bond acceptors (Lipinski definition) is 3. The molecule has 0 heterocycles. The number of nitrogens with zero attached hydrogens (tertiary/aromatic N) is 1. The molecule has 1 saturated carbocycles. The van der Waals surface area contributed by atoms with Gasteiger partial charge in [0.2, 0.25) is 0 Å². The van der Waals surface area contributed by atoms with Gasteiger partial charge in [0, 0.05) is 22.7 Å². The van der Waals surface area contributed by atoms with E-state index in [2.05, 4.69) is 0 Å². The average molecular weight is 308 g/mol. The second-order valence-corrected chi connectivity index (χ2v) is 5.41. The number of ether oxygens (including phenoxy) is 1. The molecule has 3 rings (SSSR count). The lowest BCUT2D eigenvalue weighted by atomic mass is 10.1. The zero-order valence-electron chi connectivity index (χ0n) is 10.9. The quantitative estimate of drug-likeness (QED) is 0.619. The summed E-state index contributed by atoms with van der Waals surface area (Å²) in [4.78, 5) is 10.1. The molecule has 0 N–H and O–H groups in total. The van der Waals surface area contributed by atoms with Crippen molar-refractivity contribution in [3.05, 3.63) is 69.0 Å². The molecule has 21 heavy (non-hydrogen) atoms. The molecule has 0 aliphatic heterocycles. The van der Waals surface area contributed by atoms with Crippen LogP contribution in [0.1, 0.15) is 18.4 Å². The van der Waals surface area contributed by atoms with E-state index in [0.29, 0.717) is 29.2 Å². The van der Waals surface area contributed by atoms with Gasteiger partial charge in [0.05, 0.1) is 4.92 Å². The molecule has 0 amide bonds. The molecule has 0 unspecified atom stereocenters. The summed E-state index contributed by atoms with van der Waals surface area (Å²) in [7, 11) is 0. The molecule has 1 fully saturated rings. The van der Waals surface area contributed by atoms with Gasteiger partial charge in [-0.15, -0.1) is 0 Å². The molecular weight excluding hydrogens is 297 g/mol. The Morgan fingerprint density at radius 1 is 1.19 bits per heavy atom. The van der Waals surface area contributed by atoms with E-state index < -0.39 is 16.3 Å². The van der Waals surface area contributed by atoms with Gasteiger partial charge < -0.3 is 4.74 Å². The fourth-order valence-corrected chi connectivity index (χ4v) is 2.42.